The van der Waals surface area contributed by atoms with Gasteiger partial charge in [0.1, 0.15) is 5.75 Å². The molecule has 1 aliphatic rings. The van der Waals surface area contributed by atoms with Gasteiger partial charge in [0.25, 0.3) is 5.91 Å². The van der Waals surface area contributed by atoms with Crippen molar-refractivity contribution in [3.8, 4) is 5.75 Å². The van der Waals surface area contributed by atoms with E-state index >= 15 is 0 Å². The summed E-state index contributed by atoms with van der Waals surface area (Å²) in [6.45, 7) is 4.68. The van der Waals surface area contributed by atoms with Crippen LogP contribution in [0.5, 0.6) is 5.75 Å². The van der Waals surface area contributed by atoms with Crippen LogP contribution in [0.2, 0.25) is 0 Å². The number of nitrogens with one attached hydrogen (secondary N) is 2. The van der Waals surface area contributed by atoms with Crippen LogP contribution in [-0.2, 0) is 13.0 Å². The van der Waals surface area contributed by atoms with E-state index < -0.39 is 0 Å². The van der Waals surface area contributed by atoms with E-state index in [9.17, 15) is 9.59 Å². The summed E-state index contributed by atoms with van der Waals surface area (Å²) in [6.07, 6.45) is 2.48. The summed E-state index contributed by atoms with van der Waals surface area (Å²) in [7, 11) is 1.63. The number of carbonyl (C=O) groups is 2. The summed E-state index contributed by atoms with van der Waals surface area (Å²) >= 11 is 0. The van der Waals surface area contributed by atoms with E-state index in [1.807, 2.05) is 42.5 Å². The molecule has 3 aromatic rings. The zero-order valence-corrected chi connectivity index (χ0v) is 19.1. The molecule has 5 heteroatoms. The predicted molar refractivity (Wildman–Crippen MR) is 130 cm³/mol. The molecule has 1 aliphatic heterocycles. The third kappa shape index (κ3) is 5.32. The minimum atomic E-state index is -0.173. The molecule has 0 aromatic heterocycles. The lowest BCUT2D eigenvalue weighted by Crippen LogP contribution is -2.43. The van der Waals surface area contributed by atoms with Gasteiger partial charge < -0.3 is 15.4 Å². The molecule has 168 valence electrons. The molecule has 0 saturated heterocycles. The molecule has 0 saturated carbocycles. The maximum Gasteiger partial charge on any atom is 0.251 e. The van der Waals surface area contributed by atoms with Crippen LogP contribution >= 0.6 is 0 Å². The zero-order valence-electron chi connectivity index (χ0n) is 19.1. The Hall–Kier alpha value is -3.86. The van der Waals surface area contributed by atoms with E-state index in [1.54, 1.807) is 37.5 Å². The van der Waals surface area contributed by atoms with E-state index in [4.69, 9.17) is 4.74 Å². The first kappa shape index (κ1) is 22.3. The van der Waals surface area contributed by atoms with Crippen LogP contribution < -0.4 is 15.4 Å². The fourth-order valence-corrected chi connectivity index (χ4v) is 4.03. The summed E-state index contributed by atoms with van der Waals surface area (Å²) in [5.74, 6) is 0.451. The molecular weight excluding hydrogens is 412 g/mol. The molecule has 2 N–H and O–H groups in total. The molecule has 5 nitrogen and oxygen atoms in total. The van der Waals surface area contributed by atoms with Gasteiger partial charge in [-0.2, -0.15) is 0 Å². The van der Waals surface area contributed by atoms with Gasteiger partial charge in [0, 0.05) is 40.5 Å². The molecule has 0 atom stereocenters. The van der Waals surface area contributed by atoms with Gasteiger partial charge in [-0.05, 0) is 55.7 Å². The van der Waals surface area contributed by atoms with Gasteiger partial charge in [0.15, 0.2) is 5.78 Å². The van der Waals surface area contributed by atoms with Gasteiger partial charge in [-0.25, -0.2) is 0 Å². The molecular formula is C28H28N2O3. The molecule has 4 rings (SSSR count). The summed E-state index contributed by atoms with van der Waals surface area (Å²) in [5, 5.41) is 6.39. The van der Waals surface area contributed by atoms with Crippen LogP contribution in [0.1, 0.15) is 51.3 Å². The quantitative estimate of drug-likeness (QED) is 0.428. The number of allylic oxidation sites excluding steroid dienone is 1. The standard InChI is InChI=1S/C28H28N2O3/c1-28(2)17-22-13-14-23(33-3)15-24(22)25(30-28)16-26(31)20-9-11-21(12-10-20)27(32)29-18-19-7-5-4-6-8-19/h4-16,30H,17-18H2,1-3H3,(H,29,32). The minimum Gasteiger partial charge on any atom is -0.497 e. The highest BCUT2D eigenvalue weighted by molar-refractivity contribution is 6.09. The monoisotopic (exact) mass is 440 g/mol. The Morgan fingerprint density at radius 2 is 1.70 bits per heavy atom. The Morgan fingerprint density at radius 3 is 2.39 bits per heavy atom. The molecule has 1 heterocycles. The largest absolute Gasteiger partial charge is 0.497 e. The van der Waals surface area contributed by atoms with Crippen molar-refractivity contribution in [1.82, 2.24) is 10.6 Å². The number of ether oxygens (including phenoxy) is 1. The molecule has 0 fully saturated rings. The Labute approximate surface area is 194 Å². The highest BCUT2D eigenvalue weighted by Gasteiger charge is 2.28. The number of amides is 1. The number of hydrogen-bond acceptors (Lipinski definition) is 4. The number of carbonyl (C=O) groups excluding carboxylic acids is 2. The second kappa shape index (κ2) is 9.33. The Bertz CT molecular complexity index is 1200. The zero-order chi connectivity index (χ0) is 23.4. The lowest BCUT2D eigenvalue weighted by atomic mass is 9.85. The fraction of sp³-hybridized carbons (Fsp3) is 0.214. The van der Waals surface area contributed by atoms with Crippen molar-refractivity contribution in [3.63, 3.8) is 0 Å². The van der Waals surface area contributed by atoms with Crippen molar-refractivity contribution >= 4 is 17.4 Å². The molecule has 0 bridgehead atoms. The summed E-state index contributed by atoms with van der Waals surface area (Å²) in [6, 6.07) is 22.4. The SMILES string of the molecule is COc1ccc2c(c1)C(=CC(=O)c1ccc(C(=O)NCc3ccccc3)cc1)NC(C)(C)C2. The van der Waals surface area contributed by atoms with Gasteiger partial charge in [-0.15, -0.1) is 0 Å². The summed E-state index contributed by atoms with van der Waals surface area (Å²) in [4.78, 5) is 25.5. The number of benzene rings is 3. The van der Waals surface area contributed by atoms with E-state index in [2.05, 4.69) is 30.5 Å². The highest BCUT2D eigenvalue weighted by atomic mass is 16.5. The first-order valence-electron chi connectivity index (χ1n) is 11.0. The lowest BCUT2D eigenvalue weighted by molar-refractivity contribution is 0.0949. The van der Waals surface area contributed by atoms with Gasteiger partial charge in [0.05, 0.1) is 7.11 Å². The average Bonchev–Trinajstić information content (AvgIpc) is 2.82. The maximum absolute atomic E-state index is 13.0. The van der Waals surface area contributed by atoms with Crippen molar-refractivity contribution in [1.29, 1.82) is 0 Å². The predicted octanol–water partition coefficient (Wildman–Crippen LogP) is 4.77. The van der Waals surface area contributed by atoms with Gasteiger partial charge in [0.2, 0.25) is 0 Å². The van der Waals surface area contributed by atoms with Gasteiger partial charge in [-0.3, -0.25) is 9.59 Å². The summed E-state index contributed by atoms with van der Waals surface area (Å²) in [5.41, 5.74) is 4.81. The first-order valence-corrected chi connectivity index (χ1v) is 11.0. The van der Waals surface area contributed by atoms with Crippen molar-refractivity contribution < 1.29 is 14.3 Å². The van der Waals surface area contributed by atoms with Crippen molar-refractivity contribution in [3.05, 3.63) is 107 Å². The van der Waals surface area contributed by atoms with Crippen molar-refractivity contribution in [2.45, 2.75) is 32.4 Å². The molecule has 0 spiro atoms. The van der Waals surface area contributed by atoms with Crippen LogP contribution in [0.25, 0.3) is 5.70 Å². The Balaban J connectivity index is 1.51. The Morgan fingerprint density at radius 1 is 1.00 bits per heavy atom. The lowest BCUT2D eigenvalue weighted by Gasteiger charge is -2.35. The van der Waals surface area contributed by atoms with Crippen LogP contribution in [-0.4, -0.2) is 24.3 Å². The first-order chi connectivity index (χ1) is 15.8. The van der Waals surface area contributed by atoms with E-state index in [0.717, 1.165) is 29.0 Å². The second-order valence-electron chi connectivity index (χ2n) is 8.88. The number of fused-ring (bicyclic) bond motifs is 1. The molecule has 0 radical (unpaired) electrons. The van der Waals surface area contributed by atoms with Gasteiger partial charge >= 0.3 is 0 Å². The Kier molecular flexibility index (Phi) is 6.31. The number of hydrogen-bond donors (Lipinski definition) is 2. The minimum absolute atomic E-state index is 0.125. The van der Waals surface area contributed by atoms with Crippen LogP contribution in [0.4, 0.5) is 0 Å². The van der Waals surface area contributed by atoms with Crippen molar-refractivity contribution in [2.24, 2.45) is 0 Å². The molecule has 33 heavy (non-hydrogen) atoms. The van der Waals surface area contributed by atoms with E-state index in [0.29, 0.717) is 17.7 Å². The maximum atomic E-state index is 13.0. The second-order valence-corrected chi connectivity index (χ2v) is 8.88. The molecule has 1 amide bonds. The highest BCUT2D eigenvalue weighted by Crippen LogP contribution is 2.32. The average molecular weight is 441 g/mol. The van der Waals surface area contributed by atoms with Crippen molar-refractivity contribution in [2.75, 3.05) is 7.11 Å². The van der Waals surface area contributed by atoms with Gasteiger partial charge in [-0.1, -0.05) is 48.5 Å². The number of ketones is 1. The van der Waals surface area contributed by atoms with Crippen LogP contribution in [0.3, 0.4) is 0 Å². The third-order valence-corrected chi connectivity index (χ3v) is 5.72. The summed E-state index contributed by atoms with van der Waals surface area (Å²) < 4.78 is 5.38. The van der Waals surface area contributed by atoms with E-state index in [-0.39, 0.29) is 17.2 Å². The van der Waals surface area contributed by atoms with Crippen LogP contribution in [0, 0.1) is 0 Å². The normalized spacial score (nSPS) is 15.3. The molecule has 0 aliphatic carbocycles. The third-order valence-electron chi connectivity index (χ3n) is 5.72. The number of methoxy groups -OCH3 is 1. The fourth-order valence-electron chi connectivity index (χ4n) is 4.03. The topological polar surface area (TPSA) is 67.4 Å². The molecule has 3 aromatic carbocycles. The van der Waals surface area contributed by atoms with E-state index in [1.165, 1.54) is 5.56 Å². The molecule has 0 unspecified atom stereocenters. The smallest absolute Gasteiger partial charge is 0.251 e. The number of rotatable bonds is 6. The van der Waals surface area contributed by atoms with Crippen LogP contribution in [0.15, 0.2) is 78.9 Å².